The molecular weight excluding hydrogens is 270 g/mol. The Labute approximate surface area is 122 Å². The number of aryl methyl sites for hydroxylation is 1. The number of aliphatic hydroxyl groups is 1. The summed E-state index contributed by atoms with van der Waals surface area (Å²) in [6.45, 7) is 3.30. The Morgan fingerprint density at radius 2 is 1.95 bits per heavy atom. The predicted molar refractivity (Wildman–Crippen MR) is 80.1 cm³/mol. The van der Waals surface area contributed by atoms with Crippen LogP contribution in [0.25, 0.3) is 0 Å². The summed E-state index contributed by atoms with van der Waals surface area (Å²) in [7, 11) is 0. The number of nitrogens with one attached hydrogen (secondary N) is 1. The number of nitrogens with zero attached hydrogens (tertiary/aromatic N) is 2. The first kappa shape index (κ1) is 14.9. The molecule has 1 aromatic heterocycles. The molecule has 2 N–H and O–H groups in total. The van der Waals surface area contributed by atoms with Gasteiger partial charge in [0.2, 0.25) is 0 Å². The number of benzene rings is 1. The third-order valence-corrected chi connectivity index (χ3v) is 3.39. The van der Waals surface area contributed by atoms with Crippen molar-refractivity contribution in [2.75, 3.05) is 11.9 Å². The Morgan fingerprint density at radius 3 is 2.48 bits per heavy atom. The lowest BCUT2D eigenvalue weighted by Crippen LogP contribution is -2.36. The molecule has 1 atom stereocenters. The molecule has 110 valence electrons. The van der Waals surface area contributed by atoms with E-state index in [4.69, 9.17) is 0 Å². The molecule has 6 nitrogen and oxygen atoms in total. The topological polar surface area (TPSA) is 88.3 Å². The second-order valence-electron chi connectivity index (χ2n) is 5.04. The smallest absolute Gasteiger partial charge is 0.290 e. The van der Waals surface area contributed by atoms with E-state index in [1.54, 1.807) is 13.0 Å². The first-order valence-corrected chi connectivity index (χ1v) is 6.53. The minimum atomic E-state index is -0.711. The SMILES string of the molecule is Cc1nc(NC(C)(CO)c2ccccc2)ccc1[N+](=O)[O-]. The van der Waals surface area contributed by atoms with Crippen molar-refractivity contribution >= 4 is 11.5 Å². The van der Waals surface area contributed by atoms with Crippen LogP contribution in [-0.4, -0.2) is 21.6 Å². The maximum absolute atomic E-state index is 10.8. The van der Waals surface area contributed by atoms with E-state index in [0.29, 0.717) is 11.5 Å². The molecule has 0 saturated carbocycles. The van der Waals surface area contributed by atoms with E-state index in [9.17, 15) is 15.2 Å². The highest BCUT2D eigenvalue weighted by atomic mass is 16.6. The van der Waals surface area contributed by atoms with Gasteiger partial charge in [0.25, 0.3) is 5.69 Å². The van der Waals surface area contributed by atoms with E-state index in [1.807, 2.05) is 37.3 Å². The second-order valence-corrected chi connectivity index (χ2v) is 5.04. The molecule has 1 heterocycles. The number of hydrogen-bond acceptors (Lipinski definition) is 5. The van der Waals surface area contributed by atoms with Crippen LogP contribution < -0.4 is 5.32 Å². The summed E-state index contributed by atoms with van der Waals surface area (Å²) in [5.74, 6) is 0.485. The highest BCUT2D eigenvalue weighted by Gasteiger charge is 2.26. The molecule has 1 aromatic carbocycles. The van der Waals surface area contributed by atoms with Crippen LogP contribution in [0.4, 0.5) is 11.5 Å². The van der Waals surface area contributed by atoms with Crippen molar-refractivity contribution in [2.45, 2.75) is 19.4 Å². The van der Waals surface area contributed by atoms with Crippen molar-refractivity contribution in [3.63, 3.8) is 0 Å². The number of rotatable bonds is 5. The summed E-state index contributed by atoms with van der Waals surface area (Å²) < 4.78 is 0. The monoisotopic (exact) mass is 287 g/mol. The summed E-state index contributed by atoms with van der Waals surface area (Å²) >= 11 is 0. The van der Waals surface area contributed by atoms with Crippen molar-refractivity contribution in [3.8, 4) is 0 Å². The number of nitro groups is 1. The number of hydrogen-bond donors (Lipinski definition) is 2. The van der Waals surface area contributed by atoms with E-state index in [0.717, 1.165) is 5.56 Å². The Balaban J connectivity index is 2.31. The number of anilines is 1. The summed E-state index contributed by atoms with van der Waals surface area (Å²) in [5, 5.41) is 23.7. The van der Waals surface area contributed by atoms with Gasteiger partial charge in [-0.15, -0.1) is 0 Å². The summed E-state index contributed by atoms with van der Waals surface area (Å²) in [5.41, 5.74) is 0.506. The van der Waals surface area contributed by atoms with Gasteiger partial charge in [0.05, 0.1) is 17.1 Å². The van der Waals surface area contributed by atoms with Gasteiger partial charge in [-0.05, 0) is 25.5 Å². The lowest BCUT2D eigenvalue weighted by atomic mass is 9.93. The van der Waals surface area contributed by atoms with Crippen molar-refractivity contribution in [2.24, 2.45) is 0 Å². The fraction of sp³-hybridized carbons (Fsp3) is 0.267. The lowest BCUT2D eigenvalue weighted by molar-refractivity contribution is -0.385. The number of aromatic nitrogens is 1. The maximum Gasteiger partial charge on any atom is 0.290 e. The average Bonchev–Trinajstić information content (AvgIpc) is 2.47. The number of aliphatic hydroxyl groups excluding tert-OH is 1. The van der Waals surface area contributed by atoms with Gasteiger partial charge in [-0.1, -0.05) is 30.3 Å². The van der Waals surface area contributed by atoms with Crippen LogP contribution in [0.15, 0.2) is 42.5 Å². The molecule has 0 aliphatic heterocycles. The fourth-order valence-corrected chi connectivity index (χ4v) is 2.11. The molecule has 0 aliphatic rings. The van der Waals surface area contributed by atoms with Crippen molar-refractivity contribution in [3.05, 3.63) is 63.8 Å². The Bertz CT molecular complexity index is 646. The zero-order valence-corrected chi connectivity index (χ0v) is 11.9. The highest BCUT2D eigenvalue weighted by molar-refractivity contribution is 5.48. The van der Waals surface area contributed by atoms with Gasteiger partial charge in [0, 0.05) is 6.07 Å². The number of pyridine rings is 1. The third kappa shape index (κ3) is 3.17. The molecule has 6 heteroatoms. The molecular formula is C15H17N3O3. The molecule has 0 spiro atoms. The Morgan fingerprint density at radius 1 is 1.29 bits per heavy atom. The minimum absolute atomic E-state index is 0.0223. The van der Waals surface area contributed by atoms with Gasteiger partial charge >= 0.3 is 0 Å². The lowest BCUT2D eigenvalue weighted by Gasteiger charge is -2.30. The van der Waals surface area contributed by atoms with Crippen LogP contribution in [0.3, 0.4) is 0 Å². The van der Waals surface area contributed by atoms with Crippen LogP contribution >= 0.6 is 0 Å². The summed E-state index contributed by atoms with van der Waals surface area (Å²) in [6, 6.07) is 12.4. The van der Waals surface area contributed by atoms with Crippen molar-refractivity contribution < 1.29 is 10.0 Å². The fourth-order valence-electron chi connectivity index (χ4n) is 2.11. The molecule has 0 amide bonds. The van der Waals surface area contributed by atoms with E-state index in [1.165, 1.54) is 6.07 Å². The van der Waals surface area contributed by atoms with E-state index in [2.05, 4.69) is 10.3 Å². The standard InChI is InChI=1S/C15H17N3O3/c1-11-13(18(20)21)8-9-14(16-11)17-15(2,10-19)12-6-4-3-5-7-12/h3-9,19H,10H2,1-2H3,(H,16,17). The summed E-state index contributed by atoms with van der Waals surface area (Å²) in [6.07, 6.45) is 0. The Kier molecular flexibility index (Phi) is 4.18. The normalized spacial score (nSPS) is 13.5. The molecule has 0 bridgehead atoms. The quantitative estimate of drug-likeness (QED) is 0.652. The van der Waals surface area contributed by atoms with Crippen LogP contribution in [0, 0.1) is 17.0 Å². The summed E-state index contributed by atoms with van der Waals surface area (Å²) in [4.78, 5) is 14.5. The van der Waals surface area contributed by atoms with Crippen LogP contribution in [-0.2, 0) is 5.54 Å². The van der Waals surface area contributed by atoms with E-state index >= 15 is 0 Å². The molecule has 2 rings (SSSR count). The van der Waals surface area contributed by atoms with Crippen LogP contribution in [0.1, 0.15) is 18.2 Å². The van der Waals surface area contributed by atoms with E-state index in [-0.39, 0.29) is 12.3 Å². The van der Waals surface area contributed by atoms with Gasteiger partial charge in [-0.25, -0.2) is 4.98 Å². The van der Waals surface area contributed by atoms with Crippen molar-refractivity contribution in [1.82, 2.24) is 4.98 Å². The van der Waals surface area contributed by atoms with Gasteiger partial charge in [-0.3, -0.25) is 10.1 Å². The molecule has 0 saturated heterocycles. The van der Waals surface area contributed by atoms with Gasteiger partial charge in [0.15, 0.2) is 0 Å². The maximum atomic E-state index is 10.8. The second kappa shape index (κ2) is 5.88. The van der Waals surface area contributed by atoms with Gasteiger partial charge in [-0.2, -0.15) is 0 Å². The molecule has 0 fully saturated rings. The molecule has 2 aromatic rings. The van der Waals surface area contributed by atoms with Gasteiger partial charge in [0.1, 0.15) is 11.5 Å². The van der Waals surface area contributed by atoms with Crippen molar-refractivity contribution in [1.29, 1.82) is 0 Å². The molecule has 0 radical (unpaired) electrons. The molecule has 0 aliphatic carbocycles. The predicted octanol–water partition coefficient (Wildman–Crippen LogP) is 2.62. The zero-order chi connectivity index (χ0) is 15.5. The first-order valence-electron chi connectivity index (χ1n) is 6.53. The van der Waals surface area contributed by atoms with Crippen LogP contribution in [0.2, 0.25) is 0 Å². The van der Waals surface area contributed by atoms with Gasteiger partial charge < -0.3 is 10.4 Å². The molecule has 21 heavy (non-hydrogen) atoms. The van der Waals surface area contributed by atoms with Crippen LogP contribution in [0.5, 0.6) is 0 Å². The third-order valence-electron chi connectivity index (χ3n) is 3.39. The molecule has 1 unspecified atom stereocenters. The first-order chi connectivity index (χ1) is 9.96. The highest BCUT2D eigenvalue weighted by Crippen LogP contribution is 2.26. The average molecular weight is 287 g/mol. The minimum Gasteiger partial charge on any atom is -0.394 e. The zero-order valence-electron chi connectivity index (χ0n) is 11.9. The van der Waals surface area contributed by atoms with E-state index < -0.39 is 10.5 Å². The largest absolute Gasteiger partial charge is 0.394 e. The Hall–Kier alpha value is -2.47.